The summed E-state index contributed by atoms with van der Waals surface area (Å²) >= 11 is 0. The molecule has 0 aliphatic carbocycles. The van der Waals surface area contributed by atoms with Gasteiger partial charge in [0.05, 0.1) is 20.8 Å². The number of benzene rings is 1. The van der Waals surface area contributed by atoms with E-state index >= 15 is 0 Å². The SMILES string of the molecule is CCN1CCN(c2ccc(CN=C(N)Nc3ccc(OC)c(OC)c3)cn2)CC1. The van der Waals surface area contributed by atoms with Gasteiger partial charge in [0, 0.05) is 44.1 Å². The number of aromatic nitrogens is 1. The first kappa shape index (κ1) is 20.7. The van der Waals surface area contributed by atoms with Gasteiger partial charge < -0.3 is 30.3 Å². The molecule has 29 heavy (non-hydrogen) atoms. The summed E-state index contributed by atoms with van der Waals surface area (Å²) in [5, 5.41) is 3.07. The van der Waals surface area contributed by atoms with Crippen molar-refractivity contribution in [3.05, 3.63) is 42.1 Å². The zero-order chi connectivity index (χ0) is 20.6. The molecule has 3 N–H and O–H groups in total. The standard InChI is InChI=1S/C21H30N6O2/c1-4-26-9-11-27(12-10-26)20-8-5-16(14-23-20)15-24-21(22)25-17-6-7-18(28-2)19(13-17)29-3/h5-8,13-14H,4,9-12,15H2,1-3H3,(H3,22,24,25). The third kappa shape index (κ3) is 5.51. The molecule has 0 bridgehead atoms. The summed E-state index contributed by atoms with van der Waals surface area (Å²) in [7, 11) is 3.20. The van der Waals surface area contributed by atoms with E-state index in [1.54, 1.807) is 14.2 Å². The number of hydrogen-bond donors (Lipinski definition) is 2. The van der Waals surface area contributed by atoms with Gasteiger partial charge in [-0.1, -0.05) is 13.0 Å². The zero-order valence-electron chi connectivity index (χ0n) is 17.4. The molecule has 1 saturated heterocycles. The maximum atomic E-state index is 6.02. The Morgan fingerprint density at radius 2 is 1.86 bits per heavy atom. The predicted molar refractivity (Wildman–Crippen MR) is 117 cm³/mol. The van der Waals surface area contributed by atoms with Crippen LogP contribution in [0.5, 0.6) is 11.5 Å². The van der Waals surface area contributed by atoms with E-state index in [0.29, 0.717) is 24.0 Å². The van der Waals surface area contributed by atoms with Crippen molar-refractivity contribution in [2.75, 3.05) is 57.2 Å². The molecule has 8 nitrogen and oxygen atoms in total. The number of ether oxygens (including phenoxy) is 2. The second-order valence-electron chi connectivity index (χ2n) is 6.84. The van der Waals surface area contributed by atoms with Crippen LogP contribution in [0.3, 0.4) is 0 Å². The summed E-state index contributed by atoms with van der Waals surface area (Å²) in [6.07, 6.45) is 1.87. The van der Waals surface area contributed by atoms with Gasteiger partial charge in [-0.15, -0.1) is 0 Å². The molecule has 0 spiro atoms. The second kappa shape index (κ2) is 9.97. The summed E-state index contributed by atoms with van der Waals surface area (Å²) in [6, 6.07) is 9.61. The maximum absolute atomic E-state index is 6.02. The van der Waals surface area contributed by atoms with E-state index in [0.717, 1.165) is 49.8 Å². The highest BCUT2D eigenvalue weighted by Gasteiger charge is 2.16. The topological polar surface area (TPSA) is 88.2 Å². The number of anilines is 2. The third-order valence-corrected chi connectivity index (χ3v) is 5.04. The van der Waals surface area contributed by atoms with Gasteiger partial charge in [0.2, 0.25) is 0 Å². The fraction of sp³-hybridized carbons (Fsp3) is 0.429. The first-order valence-corrected chi connectivity index (χ1v) is 9.84. The molecule has 3 rings (SSSR count). The minimum Gasteiger partial charge on any atom is -0.493 e. The number of pyridine rings is 1. The minimum absolute atomic E-state index is 0.331. The molecule has 1 fully saturated rings. The van der Waals surface area contributed by atoms with Crippen LogP contribution in [0.2, 0.25) is 0 Å². The molecule has 2 heterocycles. The van der Waals surface area contributed by atoms with Gasteiger partial charge in [-0.05, 0) is 30.3 Å². The lowest BCUT2D eigenvalue weighted by Crippen LogP contribution is -2.46. The molecule has 0 atom stereocenters. The minimum atomic E-state index is 0.331. The first-order valence-electron chi connectivity index (χ1n) is 9.84. The maximum Gasteiger partial charge on any atom is 0.193 e. The number of likely N-dealkylation sites (N-methyl/N-ethyl adjacent to an activating group) is 1. The summed E-state index contributed by atoms with van der Waals surface area (Å²) in [5.74, 6) is 2.64. The molecule has 2 aromatic rings. The van der Waals surface area contributed by atoms with Gasteiger partial charge in [-0.3, -0.25) is 0 Å². The van der Waals surface area contributed by atoms with Crippen LogP contribution in [-0.4, -0.2) is 62.8 Å². The van der Waals surface area contributed by atoms with Crippen molar-refractivity contribution < 1.29 is 9.47 Å². The lowest BCUT2D eigenvalue weighted by atomic mass is 10.2. The lowest BCUT2D eigenvalue weighted by molar-refractivity contribution is 0.270. The molecule has 1 aliphatic heterocycles. The van der Waals surface area contributed by atoms with E-state index in [1.165, 1.54) is 0 Å². The fourth-order valence-corrected chi connectivity index (χ4v) is 3.27. The third-order valence-electron chi connectivity index (χ3n) is 5.04. The molecule has 0 amide bonds. The van der Waals surface area contributed by atoms with Crippen LogP contribution < -0.4 is 25.4 Å². The average molecular weight is 399 g/mol. The summed E-state index contributed by atoms with van der Waals surface area (Å²) in [6.45, 7) is 7.97. The Morgan fingerprint density at radius 3 is 2.48 bits per heavy atom. The summed E-state index contributed by atoms with van der Waals surface area (Å²) < 4.78 is 10.5. The van der Waals surface area contributed by atoms with Crippen molar-refractivity contribution in [2.24, 2.45) is 10.7 Å². The highest BCUT2D eigenvalue weighted by atomic mass is 16.5. The Kier molecular flexibility index (Phi) is 7.13. The molecule has 0 unspecified atom stereocenters. The van der Waals surface area contributed by atoms with Crippen molar-refractivity contribution in [1.82, 2.24) is 9.88 Å². The van der Waals surface area contributed by atoms with Gasteiger partial charge >= 0.3 is 0 Å². The largest absolute Gasteiger partial charge is 0.493 e. The number of nitrogens with two attached hydrogens (primary N) is 1. The average Bonchev–Trinajstić information content (AvgIpc) is 2.78. The Hall–Kier alpha value is -3.00. The Bertz CT molecular complexity index is 816. The van der Waals surface area contributed by atoms with E-state index < -0.39 is 0 Å². The van der Waals surface area contributed by atoms with Gasteiger partial charge in [0.15, 0.2) is 17.5 Å². The number of methoxy groups -OCH3 is 2. The quantitative estimate of drug-likeness (QED) is 0.546. The van der Waals surface area contributed by atoms with Crippen LogP contribution in [0.15, 0.2) is 41.5 Å². The highest BCUT2D eigenvalue weighted by Crippen LogP contribution is 2.29. The van der Waals surface area contributed by atoms with E-state index in [1.807, 2.05) is 24.4 Å². The normalized spacial score (nSPS) is 15.3. The molecule has 1 aromatic heterocycles. The molecule has 8 heteroatoms. The van der Waals surface area contributed by atoms with Gasteiger partial charge in [0.25, 0.3) is 0 Å². The molecular formula is C21H30N6O2. The number of aliphatic imine (C=N–C) groups is 1. The Morgan fingerprint density at radius 1 is 1.10 bits per heavy atom. The van der Waals surface area contributed by atoms with Crippen LogP contribution in [-0.2, 0) is 6.54 Å². The number of piperazine rings is 1. The van der Waals surface area contributed by atoms with Gasteiger partial charge in [-0.25, -0.2) is 9.98 Å². The molecule has 0 saturated carbocycles. The smallest absolute Gasteiger partial charge is 0.193 e. The van der Waals surface area contributed by atoms with E-state index in [9.17, 15) is 0 Å². The van der Waals surface area contributed by atoms with Crippen molar-refractivity contribution in [3.8, 4) is 11.5 Å². The Balaban J connectivity index is 1.55. The van der Waals surface area contributed by atoms with E-state index in [4.69, 9.17) is 15.2 Å². The van der Waals surface area contributed by atoms with E-state index in [2.05, 4.69) is 44.1 Å². The molecule has 156 valence electrons. The first-order chi connectivity index (χ1) is 14.1. The van der Waals surface area contributed by atoms with Crippen LogP contribution >= 0.6 is 0 Å². The monoisotopic (exact) mass is 398 g/mol. The lowest BCUT2D eigenvalue weighted by Gasteiger charge is -2.34. The summed E-state index contributed by atoms with van der Waals surface area (Å²) in [5.41, 5.74) is 7.82. The van der Waals surface area contributed by atoms with Crippen molar-refractivity contribution in [2.45, 2.75) is 13.5 Å². The van der Waals surface area contributed by atoms with Gasteiger partial charge in [0.1, 0.15) is 5.82 Å². The van der Waals surface area contributed by atoms with E-state index in [-0.39, 0.29) is 0 Å². The number of nitrogens with one attached hydrogen (secondary N) is 1. The van der Waals surface area contributed by atoms with Crippen LogP contribution in [0, 0.1) is 0 Å². The highest BCUT2D eigenvalue weighted by molar-refractivity contribution is 5.92. The molecule has 0 radical (unpaired) electrons. The van der Waals surface area contributed by atoms with Crippen LogP contribution in [0.25, 0.3) is 0 Å². The number of hydrogen-bond acceptors (Lipinski definition) is 6. The van der Waals surface area contributed by atoms with Crippen LogP contribution in [0.4, 0.5) is 11.5 Å². The number of nitrogens with zero attached hydrogens (tertiary/aromatic N) is 4. The molecular weight excluding hydrogens is 368 g/mol. The second-order valence-corrected chi connectivity index (χ2v) is 6.84. The van der Waals surface area contributed by atoms with Crippen molar-refractivity contribution in [3.63, 3.8) is 0 Å². The molecule has 1 aliphatic rings. The number of guanidine groups is 1. The predicted octanol–water partition coefficient (Wildman–Crippen LogP) is 2.17. The van der Waals surface area contributed by atoms with Crippen molar-refractivity contribution in [1.29, 1.82) is 0 Å². The number of rotatable bonds is 7. The fourth-order valence-electron chi connectivity index (χ4n) is 3.27. The van der Waals surface area contributed by atoms with Crippen LogP contribution in [0.1, 0.15) is 12.5 Å². The van der Waals surface area contributed by atoms with Gasteiger partial charge in [-0.2, -0.15) is 0 Å². The zero-order valence-corrected chi connectivity index (χ0v) is 17.4. The molecule has 1 aromatic carbocycles. The van der Waals surface area contributed by atoms with Crippen molar-refractivity contribution >= 4 is 17.5 Å². The Labute approximate surface area is 172 Å². The summed E-state index contributed by atoms with van der Waals surface area (Å²) in [4.78, 5) is 13.8.